The summed E-state index contributed by atoms with van der Waals surface area (Å²) < 4.78 is 7.63. The summed E-state index contributed by atoms with van der Waals surface area (Å²) in [7, 11) is 0. The van der Waals surface area contributed by atoms with Gasteiger partial charge in [0.1, 0.15) is 5.82 Å². The van der Waals surface area contributed by atoms with Crippen LogP contribution in [0.5, 0.6) is 0 Å². The van der Waals surface area contributed by atoms with Crippen LogP contribution in [0.15, 0.2) is 24.5 Å². The van der Waals surface area contributed by atoms with E-state index in [4.69, 9.17) is 4.74 Å². The van der Waals surface area contributed by atoms with Crippen LogP contribution < -0.4 is 5.32 Å². The third-order valence-corrected chi connectivity index (χ3v) is 4.08. The molecule has 0 radical (unpaired) electrons. The van der Waals surface area contributed by atoms with Gasteiger partial charge in [0.05, 0.1) is 18.2 Å². The Morgan fingerprint density at radius 3 is 2.96 bits per heavy atom. The second kappa shape index (κ2) is 6.50. The van der Waals surface area contributed by atoms with E-state index < -0.39 is 0 Å². The summed E-state index contributed by atoms with van der Waals surface area (Å²) in [6.45, 7) is 7.33. The van der Waals surface area contributed by atoms with Crippen LogP contribution >= 0.6 is 0 Å². The van der Waals surface area contributed by atoms with E-state index in [1.807, 2.05) is 43.8 Å². The zero-order valence-corrected chi connectivity index (χ0v) is 13.7. The summed E-state index contributed by atoms with van der Waals surface area (Å²) in [4.78, 5) is 17.0. The second-order valence-corrected chi connectivity index (χ2v) is 5.98. The van der Waals surface area contributed by atoms with Gasteiger partial charge < -0.3 is 10.1 Å². The first-order valence-electron chi connectivity index (χ1n) is 7.97. The number of nitrogens with zero attached hydrogens (tertiary/aromatic N) is 3. The summed E-state index contributed by atoms with van der Waals surface area (Å²) in [6, 6.07) is 3.86. The van der Waals surface area contributed by atoms with E-state index in [1.54, 1.807) is 6.20 Å². The Balaban J connectivity index is 1.75. The molecule has 2 aromatic rings. The number of pyridine rings is 1. The van der Waals surface area contributed by atoms with Gasteiger partial charge in [-0.05, 0) is 44.9 Å². The van der Waals surface area contributed by atoms with Crippen molar-refractivity contribution in [2.45, 2.75) is 39.8 Å². The number of carbonyl (C=O) groups is 1. The van der Waals surface area contributed by atoms with Gasteiger partial charge in [-0.3, -0.25) is 9.48 Å². The van der Waals surface area contributed by atoms with Gasteiger partial charge >= 0.3 is 0 Å². The monoisotopic (exact) mass is 314 g/mol. The highest BCUT2D eigenvalue weighted by molar-refractivity contribution is 5.92. The summed E-state index contributed by atoms with van der Waals surface area (Å²) >= 11 is 0. The molecule has 23 heavy (non-hydrogen) atoms. The third kappa shape index (κ3) is 3.42. The maximum Gasteiger partial charge on any atom is 0.231 e. The van der Waals surface area contributed by atoms with E-state index in [9.17, 15) is 4.79 Å². The van der Waals surface area contributed by atoms with Crippen molar-refractivity contribution in [3.8, 4) is 0 Å². The molecule has 3 rings (SSSR count). The van der Waals surface area contributed by atoms with Gasteiger partial charge in [0.15, 0.2) is 0 Å². The highest BCUT2D eigenvalue weighted by Crippen LogP contribution is 2.35. The summed E-state index contributed by atoms with van der Waals surface area (Å²) in [5.41, 5.74) is 2.93. The number of amides is 1. The Hall–Kier alpha value is -2.21. The molecule has 0 unspecified atom stereocenters. The van der Waals surface area contributed by atoms with E-state index >= 15 is 0 Å². The predicted molar refractivity (Wildman–Crippen MR) is 87.0 cm³/mol. The van der Waals surface area contributed by atoms with Gasteiger partial charge in [0.25, 0.3) is 0 Å². The van der Waals surface area contributed by atoms with E-state index in [0.29, 0.717) is 18.8 Å². The molecule has 6 nitrogen and oxygen atoms in total. The zero-order chi connectivity index (χ0) is 16.4. The number of ether oxygens (including phenoxy) is 1. The van der Waals surface area contributed by atoms with Gasteiger partial charge in [-0.2, -0.15) is 5.10 Å². The van der Waals surface area contributed by atoms with Gasteiger partial charge in [0.2, 0.25) is 5.91 Å². The van der Waals surface area contributed by atoms with E-state index in [0.717, 1.165) is 23.4 Å². The van der Waals surface area contributed by atoms with Gasteiger partial charge in [-0.1, -0.05) is 0 Å². The minimum absolute atomic E-state index is 0.0470. The maximum absolute atomic E-state index is 12.6. The smallest absolute Gasteiger partial charge is 0.231 e. The molecule has 0 aliphatic carbocycles. The van der Waals surface area contributed by atoms with Crippen molar-refractivity contribution >= 4 is 11.7 Å². The Bertz CT molecular complexity index is 690. The van der Waals surface area contributed by atoms with Crippen LogP contribution in [-0.2, 0) is 16.1 Å². The summed E-state index contributed by atoms with van der Waals surface area (Å²) in [5, 5.41) is 7.20. The van der Waals surface area contributed by atoms with Crippen LogP contribution in [0.25, 0.3) is 0 Å². The average Bonchev–Trinajstić information content (AvgIpc) is 3.14. The van der Waals surface area contributed by atoms with E-state index in [-0.39, 0.29) is 17.9 Å². The molecule has 1 saturated heterocycles. The number of aromatic nitrogens is 3. The zero-order valence-electron chi connectivity index (χ0n) is 13.7. The van der Waals surface area contributed by atoms with E-state index in [1.165, 1.54) is 0 Å². The fourth-order valence-corrected chi connectivity index (χ4v) is 3.01. The molecule has 1 aliphatic rings. The fourth-order valence-electron chi connectivity index (χ4n) is 3.01. The molecular formula is C17H22N4O2. The SMILES string of the molecule is CCn1cc([C@H]2OCC[C@@H]2C(=O)Nc2cc(C)cc(C)n2)cn1. The molecule has 0 aromatic carbocycles. The molecule has 0 bridgehead atoms. The van der Waals surface area contributed by atoms with Crippen molar-refractivity contribution in [3.05, 3.63) is 41.3 Å². The third-order valence-electron chi connectivity index (χ3n) is 4.08. The minimum Gasteiger partial charge on any atom is -0.373 e. The van der Waals surface area contributed by atoms with Crippen LogP contribution in [0.2, 0.25) is 0 Å². The van der Waals surface area contributed by atoms with Crippen molar-refractivity contribution in [1.29, 1.82) is 0 Å². The lowest BCUT2D eigenvalue weighted by molar-refractivity contribution is -0.121. The van der Waals surface area contributed by atoms with Crippen LogP contribution in [0.4, 0.5) is 5.82 Å². The van der Waals surface area contributed by atoms with Crippen molar-refractivity contribution < 1.29 is 9.53 Å². The Kier molecular flexibility index (Phi) is 4.43. The number of anilines is 1. The molecular weight excluding hydrogens is 292 g/mol. The molecule has 1 amide bonds. The molecule has 122 valence electrons. The first kappa shape index (κ1) is 15.7. The Labute approximate surface area is 135 Å². The normalized spacial score (nSPS) is 20.7. The molecule has 2 atom stereocenters. The molecule has 6 heteroatoms. The van der Waals surface area contributed by atoms with Crippen molar-refractivity contribution in [2.24, 2.45) is 5.92 Å². The number of rotatable bonds is 4. The largest absolute Gasteiger partial charge is 0.373 e. The summed E-state index contributed by atoms with van der Waals surface area (Å²) in [6.07, 6.45) is 4.21. The lowest BCUT2D eigenvalue weighted by Gasteiger charge is -2.17. The van der Waals surface area contributed by atoms with Crippen LogP contribution in [0, 0.1) is 19.8 Å². The number of hydrogen-bond donors (Lipinski definition) is 1. The quantitative estimate of drug-likeness (QED) is 0.942. The first-order valence-corrected chi connectivity index (χ1v) is 7.97. The predicted octanol–water partition coefficient (Wildman–Crippen LogP) is 2.63. The average molecular weight is 314 g/mol. The standard InChI is InChI=1S/C17H22N4O2/c1-4-21-10-13(9-18-21)16-14(5-6-23-16)17(22)20-15-8-11(2)7-12(3)19-15/h7-10,14,16H,4-6H2,1-3H3,(H,19,20,22)/t14-,16+/m0/s1. The number of carbonyl (C=O) groups excluding carboxylic acids is 1. The molecule has 1 N–H and O–H groups in total. The second-order valence-electron chi connectivity index (χ2n) is 5.98. The number of hydrogen-bond acceptors (Lipinski definition) is 4. The van der Waals surface area contributed by atoms with Gasteiger partial charge in [-0.25, -0.2) is 4.98 Å². The van der Waals surface area contributed by atoms with Gasteiger partial charge in [-0.15, -0.1) is 0 Å². The highest BCUT2D eigenvalue weighted by atomic mass is 16.5. The van der Waals surface area contributed by atoms with Crippen molar-refractivity contribution in [2.75, 3.05) is 11.9 Å². The maximum atomic E-state index is 12.6. The molecule has 1 fully saturated rings. The van der Waals surface area contributed by atoms with Crippen molar-refractivity contribution in [3.63, 3.8) is 0 Å². The molecule has 0 spiro atoms. The highest BCUT2D eigenvalue weighted by Gasteiger charge is 2.36. The lowest BCUT2D eigenvalue weighted by Crippen LogP contribution is -2.25. The summed E-state index contributed by atoms with van der Waals surface area (Å²) in [5.74, 6) is 0.337. The molecule has 0 saturated carbocycles. The van der Waals surface area contributed by atoms with E-state index in [2.05, 4.69) is 15.4 Å². The molecule has 2 aromatic heterocycles. The first-order chi connectivity index (χ1) is 11.1. The van der Waals surface area contributed by atoms with Crippen LogP contribution in [-0.4, -0.2) is 27.3 Å². The van der Waals surface area contributed by atoms with Gasteiger partial charge in [0, 0.05) is 30.6 Å². The van der Waals surface area contributed by atoms with Crippen LogP contribution in [0.1, 0.15) is 36.3 Å². The number of nitrogens with one attached hydrogen (secondary N) is 1. The Morgan fingerprint density at radius 1 is 1.43 bits per heavy atom. The fraction of sp³-hybridized carbons (Fsp3) is 0.471. The molecule has 3 heterocycles. The molecule has 1 aliphatic heterocycles. The topological polar surface area (TPSA) is 69.0 Å². The minimum atomic E-state index is -0.235. The number of aryl methyl sites for hydroxylation is 3. The van der Waals surface area contributed by atoms with Crippen LogP contribution in [0.3, 0.4) is 0 Å². The van der Waals surface area contributed by atoms with Crippen molar-refractivity contribution in [1.82, 2.24) is 14.8 Å². The lowest BCUT2D eigenvalue weighted by atomic mass is 9.96. The Morgan fingerprint density at radius 2 is 2.26 bits per heavy atom.